The fourth-order valence-corrected chi connectivity index (χ4v) is 5.26. The van der Waals surface area contributed by atoms with Gasteiger partial charge in [0.15, 0.2) is 11.5 Å². The van der Waals surface area contributed by atoms with Crippen molar-refractivity contribution in [3.8, 4) is 17.2 Å². The van der Waals surface area contributed by atoms with Gasteiger partial charge in [0, 0.05) is 40.4 Å². The Morgan fingerprint density at radius 2 is 1.92 bits per heavy atom. The largest absolute Gasteiger partial charge is 0.492 e. The molecule has 1 unspecified atom stereocenters. The molecule has 3 aliphatic rings. The summed E-state index contributed by atoms with van der Waals surface area (Å²) in [7, 11) is 0. The summed E-state index contributed by atoms with van der Waals surface area (Å²) in [5.41, 5.74) is 3.73. The molecule has 0 bridgehead atoms. The van der Waals surface area contributed by atoms with E-state index in [1.807, 2.05) is 6.07 Å². The molecular weight excluding hydrogens is 394 g/mol. The normalized spacial score (nSPS) is 21.8. The summed E-state index contributed by atoms with van der Waals surface area (Å²) in [4.78, 5) is 2.53. The molecule has 0 saturated carbocycles. The maximum atomic E-state index is 6.16. The van der Waals surface area contributed by atoms with Crippen molar-refractivity contribution >= 4 is 21.6 Å². The molecule has 4 nitrogen and oxygen atoms in total. The number of benzene rings is 2. The van der Waals surface area contributed by atoms with Crippen molar-refractivity contribution in [1.82, 2.24) is 0 Å². The third-order valence-electron chi connectivity index (χ3n) is 5.77. The van der Waals surface area contributed by atoms with Gasteiger partial charge in [-0.3, -0.25) is 0 Å². The standard InChI is InChI=1S/C21H22BrNO3/c1-2-3-4-8-23-11-21(20-15(22)6-5-7-16(20)23)12-24-17-10-19-18(9-14(17)21)25-13-26-19/h5-7,9-10H,2-4,8,11-13H2,1H3. The molecule has 0 N–H and O–H groups in total. The first kappa shape index (κ1) is 16.3. The highest BCUT2D eigenvalue weighted by atomic mass is 79.9. The highest BCUT2D eigenvalue weighted by Gasteiger charge is 2.51. The van der Waals surface area contributed by atoms with Crippen LogP contribution >= 0.6 is 15.9 Å². The Labute approximate surface area is 162 Å². The van der Waals surface area contributed by atoms with E-state index in [2.05, 4.69) is 52.0 Å². The third-order valence-corrected chi connectivity index (χ3v) is 6.43. The highest BCUT2D eigenvalue weighted by Crippen LogP contribution is 2.56. The van der Waals surface area contributed by atoms with E-state index in [9.17, 15) is 0 Å². The number of hydrogen-bond acceptors (Lipinski definition) is 4. The Morgan fingerprint density at radius 1 is 1.08 bits per heavy atom. The lowest BCUT2D eigenvalue weighted by Gasteiger charge is -2.25. The van der Waals surface area contributed by atoms with E-state index in [0.717, 1.165) is 34.8 Å². The second kappa shape index (κ2) is 6.08. The van der Waals surface area contributed by atoms with Gasteiger partial charge in [0.2, 0.25) is 6.79 Å². The molecule has 1 atom stereocenters. The van der Waals surface area contributed by atoms with Gasteiger partial charge in [0.05, 0.1) is 5.41 Å². The zero-order chi connectivity index (χ0) is 17.7. The predicted octanol–water partition coefficient (Wildman–Crippen LogP) is 4.87. The van der Waals surface area contributed by atoms with E-state index in [1.165, 1.54) is 36.1 Å². The quantitative estimate of drug-likeness (QED) is 0.666. The molecule has 0 saturated heterocycles. The molecule has 3 heterocycles. The Morgan fingerprint density at radius 3 is 2.77 bits per heavy atom. The van der Waals surface area contributed by atoms with E-state index >= 15 is 0 Å². The van der Waals surface area contributed by atoms with Crippen molar-refractivity contribution in [3.05, 3.63) is 45.9 Å². The molecule has 0 radical (unpaired) electrons. The van der Waals surface area contributed by atoms with E-state index in [0.29, 0.717) is 6.61 Å². The molecule has 3 aliphatic heterocycles. The number of unbranched alkanes of at least 4 members (excludes halogenated alkanes) is 2. The zero-order valence-electron chi connectivity index (χ0n) is 14.9. The van der Waals surface area contributed by atoms with E-state index in [-0.39, 0.29) is 12.2 Å². The zero-order valence-corrected chi connectivity index (χ0v) is 16.5. The number of hydrogen-bond donors (Lipinski definition) is 0. The van der Waals surface area contributed by atoms with Gasteiger partial charge in [-0.05, 0) is 24.6 Å². The molecule has 5 heteroatoms. The van der Waals surface area contributed by atoms with Crippen LogP contribution in [-0.4, -0.2) is 26.5 Å². The van der Waals surface area contributed by atoms with Gasteiger partial charge in [-0.25, -0.2) is 0 Å². The molecule has 0 fully saturated rings. The Hall–Kier alpha value is -1.88. The molecule has 2 aromatic carbocycles. The van der Waals surface area contributed by atoms with Gasteiger partial charge in [-0.1, -0.05) is 41.8 Å². The van der Waals surface area contributed by atoms with Gasteiger partial charge in [0.25, 0.3) is 0 Å². The Kier molecular flexibility index (Phi) is 3.82. The number of fused-ring (bicyclic) bond motifs is 5. The third kappa shape index (κ3) is 2.26. The summed E-state index contributed by atoms with van der Waals surface area (Å²) in [6.07, 6.45) is 3.71. The van der Waals surface area contributed by atoms with Crippen LogP contribution in [0, 0.1) is 0 Å². The van der Waals surface area contributed by atoms with Crippen LogP contribution < -0.4 is 19.1 Å². The first-order valence-corrected chi connectivity index (χ1v) is 10.1. The molecule has 0 aromatic heterocycles. The highest BCUT2D eigenvalue weighted by molar-refractivity contribution is 9.10. The SMILES string of the molecule is CCCCCN1CC2(COc3cc4c(cc32)OCO4)c2c(Br)cccc21. The number of nitrogens with zero attached hydrogens (tertiary/aromatic N) is 1. The maximum Gasteiger partial charge on any atom is 0.231 e. The van der Waals surface area contributed by atoms with Crippen molar-refractivity contribution in [2.24, 2.45) is 0 Å². The van der Waals surface area contributed by atoms with E-state index in [1.54, 1.807) is 0 Å². The first-order valence-electron chi connectivity index (χ1n) is 9.34. The smallest absolute Gasteiger partial charge is 0.231 e. The van der Waals surface area contributed by atoms with Gasteiger partial charge < -0.3 is 19.1 Å². The summed E-state index contributed by atoms with van der Waals surface area (Å²) in [5.74, 6) is 2.53. The first-order chi connectivity index (χ1) is 12.7. The Balaban J connectivity index is 1.61. The van der Waals surface area contributed by atoms with Crippen LogP contribution in [0.2, 0.25) is 0 Å². The second-order valence-corrected chi connectivity index (χ2v) is 8.19. The molecule has 5 rings (SSSR count). The average molecular weight is 416 g/mol. The molecule has 0 aliphatic carbocycles. The summed E-state index contributed by atoms with van der Waals surface area (Å²) in [6.45, 7) is 5.22. The Bertz CT molecular complexity index is 869. The number of halogens is 1. The van der Waals surface area contributed by atoms with Crippen molar-refractivity contribution < 1.29 is 14.2 Å². The number of rotatable bonds is 4. The molecule has 26 heavy (non-hydrogen) atoms. The molecule has 136 valence electrons. The molecule has 1 spiro atoms. The van der Waals surface area contributed by atoms with Crippen LogP contribution in [0.25, 0.3) is 0 Å². The van der Waals surface area contributed by atoms with Crippen LogP contribution in [0.1, 0.15) is 37.3 Å². The minimum atomic E-state index is -0.155. The van der Waals surface area contributed by atoms with Crippen LogP contribution in [-0.2, 0) is 5.41 Å². The van der Waals surface area contributed by atoms with Crippen molar-refractivity contribution in [1.29, 1.82) is 0 Å². The summed E-state index contributed by atoms with van der Waals surface area (Å²) in [5, 5.41) is 0. The molecule has 2 aromatic rings. The van der Waals surface area contributed by atoms with E-state index < -0.39 is 0 Å². The minimum absolute atomic E-state index is 0.155. The van der Waals surface area contributed by atoms with Gasteiger partial charge >= 0.3 is 0 Å². The molecule has 0 amide bonds. The summed E-state index contributed by atoms with van der Waals surface area (Å²) >= 11 is 3.82. The topological polar surface area (TPSA) is 30.9 Å². The lowest BCUT2D eigenvalue weighted by molar-refractivity contribution is 0.173. The van der Waals surface area contributed by atoms with Gasteiger partial charge in [-0.15, -0.1) is 0 Å². The van der Waals surface area contributed by atoms with Crippen LogP contribution in [0.4, 0.5) is 5.69 Å². The van der Waals surface area contributed by atoms with E-state index in [4.69, 9.17) is 14.2 Å². The van der Waals surface area contributed by atoms with Gasteiger partial charge in [0.1, 0.15) is 12.4 Å². The average Bonchev–Trinajstić information content (AvgIpc) is 3.32. The van der Waals surface area contributed by atoms with Crippen LogP contribution in [0.15, 0.2) is 34.8 Å². The van der Waals surface area contributed by atoms with Crippen LogP contribution in [0.5, 0.6) is 17.2 Å². The van der Waals surface area contributed by atoms with Gasteiger partial charge in [-0.2, -0.15) is 0 Å². The minimum Gasteiger partial charge on any atom is -0.492 e. The maximum absolute atomic E-state index is 6.16. The lowest BCUT2D eigenvalue weighted by atomic mass is 9.77. The predicted molar refractivity (Wildman–Crippen MR) is 105 cm³/mol. The van der Waals surface area contributed by atoms with Crippen molar-refractivity contribution in [2.45, 2.75) is 31.6 Å². The lowest BCUT2D eigenvalue weighted by Crippen LogP contribution is -2.36. The monoisotopic (exact) mass is 415 g/mol. The second-order valence-electron chi connectivity index (χ2n) is 7.34. The summed E-state index contributed by atoms with van der Waals surface area (Å²) in [6, 6.07) is 10.6. The van der Waals surface area contributed by atoms with Crippen LogP contribution in [0.3, 0.4) is 0 Å². The summed E-state index contributed by atoms with van der Waals surface area (Å²) < 4.78 is 18.5. The van der Waals surface area contributed by atoms with Crippen molar-refractivity contribution in [3.63, 3.8) is 0 Å². The van der Waals surface area contributed by atoms with Crippen molar-refractivity contribution in [2.75, 3.05) is 31.4 Å². The number of ether oxygens (including phenoxy) is 3. The fourth-order valence-electron chi connectivity index (χ4n) is 4.53. The number of anilines is 1. The molecular formula is C21H22BrNO3. The fraction of sp³-hybridized carbons (Fsp3) is 0.429.